The van der Waals surface area contributed by atoms with E-state index in [4.69, 9.17) is 9.57 Å². The van der Waals surface area contributed by atoms with Gasteiger partial charge in [0.1, 0.15) is 19.3 Å². The van der Waals surface area contributed by atoms with Crippen molar-refractivity contribution in [3.05, 3.63) is 102 Å². The van der Waals surface area contributed by atoms with Gasteiger partial charge in [0, 0.05) is 12.7 Å². The van der Waals surface area contributed by atoms with Crippen LogP contribution in [0.15, 0.2) is 90.1 Å². The van der Waals surface area contributed by atoms with E-state index in [1.807, 2.05) is 55.5 Å². The van der Waals surface area contributed by atoms with Gasteiger partial charge in [-0.25, -0.2) is 19.9 Å². The molecule has 12 nitrogen and oxygen atoms in total. The van der Waals surface area contributed by atoms with Crippen molar-refractivity contribution in [2.75, 3.05) is 13.1 Å². The number of rotatable bonds is 13. The second-order valence-electron chi connectivity index (χ2n) is 10.3. The zero-order valence-electron chi connectivity index (χ0n) is 24.6. The lowest BCUT2D eigenvalue weighted by Crippen LogP contribution is -2.54. The van der Waals surface area contributed by atoms with Crippen LogP contribution < -0.4 is 5.49 Å². The molecule has 2 atom stereocenters. The maximum Gasteiger partial charge on any atom is 0.429 e. The van der Waals surface area contributed by atoms with Gasteiger partial charge in [-0.3, -0.25) is 19.2 Å². The molecule has 1 fully saturated rings. The summed E-state index contributed by atoms with van der Waals surface area (Å²) in [5.74, 6) is -2.05. The Morgan fingerprint density at radius 2 is 1.66 bits per heavy atom. The molecule has 1 aliphatic rings. The van der Waals surface area contributed by atoms with Crippen molar-refractivity contribution in [2.45, 2.75) is 51.9 Å². The molecule has 2 aromatic carbocycles. The maximum absolute atomic E-state index is 14.2. The molecule has 0 saturated carbocycles. The number of hydrogen-bond donors (Lipinski definition) is 1. The van der Waals surface area contributed by atoms with Crippen molar-refractivity contribution in [3.8, 4) is 0 Å². The normalized spacial score (nSPS) is 15.6. The van der Waals surface area contributed by atoms with Gasteiger partial charge in [0.25, 0.3) is 5.91 Å². The van der Waals surface area contributed by atoms with Crippen LogP contribution in [0.25, 0.3) is 0 Å². The Kier molecular flexibility index (Phi) is 11.6. The summed E-state index contributed by atoms with van der Waals surface area (Å²) in [6.07, 6.45) is 2.96. The molecule has 2 heterocycles. The Morgan fingerprint density at radius 3 is 2.30 bits per heavy atom. The van der Waals surface area contributed by atoms with Crippen molar-refractivity contribution >= 4 is 24.3 Å². The van der Waals surface area contributed by atoms with E-state index in [1.54, 1.807) is 24.3 Å². The van der Waals surface area contributed by atoms with Crippen molar-refractivity contribution in [1.29, 1.82) is 0 Å². The quantitative estimate of drug-likeness (QED) is 0.179. The first-order chi connectivity index (χ1) is 21.4. The van der Waals surface area contributed by atoms with Crippen molar-refractivity contribution in [2.24, 2.45) is 10.9 Å². The van der Waals surface area contributed by atoms with Gasteiger partial charge < -0.3 is 9.94 Å². The molecule has 1 aliphatic heterocycles. The summed E-state index contributed by atoms with van der Waals surface area (Å²) in [6.45, 7) is 2.01. The number of unbranched alkanes of at least 4 members (excludes halogenated alkanes) is 1. The zero-order chi connectivity index (χ0) is 31.3. The van der Waals surface area contributed by atoms with Crippen LogP contribution in [-0.2, 0) is 37.2 Å². The Morgan fingerprint density at radius 1 is 1.00 bits per heavy atom. The molecule has 1 aromatic heterocycles. The Labute approximate surface area is 255 Å². The SMILES string of the molecule is CCCC[C@H](CN(C=O)OCc1ccccc1)C(=O)N1[C@H](C(=O)N=c2ccccn2O)CCN1C(=O)OCc1ccccc1. The van der Waals surface area contributed by atoms with Crippen LogP contribution in [0.4, 0.5) is 4.79 Å². The molecule has 4 rings (SSSR count). The van der Waals surface area contributed by atoms with Crippen molar-refractivity contribution in [3.63, 3.8) is 0 Å². The fourth-order valence-electron chi connectivity index (χ4n) is 4.82. The number of hydrogen-bond acceptors (Lipinski definition) is 7. The molecule has 0 bridgehead atoms. The predicted octanol–water partition coefficient (Wildman–Crippen LogP) is 3.70. The second kappa shape index (κ2) is 16.0. The van der Waals surface area contributed by atoms with Gasteiger partial charge in [0.15, 0.2) is 5.49 Å². The minimum Gasteiger partial charge on any atom is -0.443 e. The van der Waals surface area contributed by atoms with E-state index < -0.39 is 29.9 Å². The van der Waals surface area contributed by atoms with Crippen LogP contribution in [0, 0.1) is 5.92 Å². The van der Waals surface area contributed by atoms with Gasteiger partial charge >= 0.3 is 6.09 Å². The van der Waals surface area contributed by atoms with Gasteiger partial charge in [-0.15, -0.1) is 0 Å². The van der Waals surface area contributed by atoms with Gasteiger partial charge in [-0.2, -0.15) is 9.72 Å². The number of pyridine rings is 1. The number of carbonyl (C=O) groups is 4. The minimum atomic E-state index is -1.13. The van der Waals surface area contributed by atoms with Gasteiger partial charge in [-0.1, -0.05) is 86.5 Å². The summed E-state index contributed by atoms with van der Waals surface area (Å²) in [4.78, 5) is 62.7. The first kappa shape index (κ1) is 32.0. The molecular formula is C32H37N5O7. The molecule has 232 valence electrons. The summed E-state index contributed by atoms with van der Waals surface area (Å²) >= 11 is 0. The van der Waals surface area contributed by atoms with Gasteiger partial charge in [-0.05, 0) is 36.1 Å². The van der Waals surface area contributed by atoms with E-state index in [1.165, 1.54) is 12.3 Å². The molecule has 0 aliphatic carbocycles. The number of ether oxygens (including phenoxy) is 1. The third kappa shape index (κ3) is 8.54. The van der Waals surface area contributed by atoms with Crippen molar-refractivity contribution in [1.82, 2.24) is 19.8 Å². The van der Waals surface area contributed by atoms with E-state index in [-0.39, 0.29) is 38.2 Å². The Bertz CT molecular complexity index is 1460. The van der Waals surface area contributed by atoms with E-state index >= 15 is 0 Å². The van der Waals surface area contributed by atoms with E-state index in [2.05, 4.69) is 4.99 Å². The van der Waals surface area contributed by atoms with Crippen LogP contribution in [0.2, 0.25) is 0 Å². The lowest BCUT2D eigenvalue weighted by Gasteiger charge is -2.34. The molecule has 0 spiro atoms. The lowest BCUT2D eigenvalue weighted by molar-refractivity contribution is -0.185. The Hall–Kier alpha value is -4.97. The van der Waals surface area contributed by atoms with Gasteiger partial charge in [0.2, 0.25) is 12.3 Å². The summed E-state index contributed by atoms with van der Waals surface area (Å²) in [6, 6.07) is 21.9. The van der Waals surface area contributed by atoms with E-state index in [9.17, 15) is 24.4 Å². The zero-order valence-corrected chi connectivity index (χ0v) is 24.6. The average molecular weight is 604 g/mol. The monoisotopic (exact) mass is 603 g/mol. The van der Waals surface area contributed by atoms with Crippen molar-refractivity contribution < 1.29 is 34.0 Å². The van der Waals surface area contributed by atoms with Crippen LogP contribution >= 0.6 is 0 Å². The van der Waals surface area contributed by atoms with Gasteiger partial charge in [0.05, 0.1) is 12.5 Å². The minimum absolute atomic E-state index is 0.0266. The number of aromatic nitrogens is 1. The third-order valence-corrected chi connectivity index (χ3v) is 7.15. The Balaban J connectivity index is 1.59. The number of hydroxylamine groups is 2. The van der Waals surface area contributed by atoms with Crippen LogP contribution in [0.3, 0.4) is 0 Å². The number of carbonyl (C=O) groups excluding carboxylic acids is 4. The van der Waals surface area contributed by atoms with Crippen LogP contribution in [-0.4, -0.2) is 68.5 Å². The largest absolute Gasteiger partial charge is 0.443 e. The topological polar surface area (TPSA) is 134 Å². The van der Waals surface area contributed by atoms with Crippen LogP contribution in [0.1, 0.15) is 43.7 Å². The fraction of sp³-hybridized carbons (Fsp3) is 0.344. The second-order valence-corrected chi connectivity index (χ2v) is 10.3. The average Bonchev–Trinajstić information content (AvgIpc) is 3.51. The van der Waals surface area contributed by atoms with E-state index in [0.717, 1.165) is 32.6 Å². The fourth-order valence-corrected chi connectivity index (χ4v) is 4.82. The summed E-state index contributed by atoms with van der Waals surface area (Å²) in [7, 11) is 0. The molecule has 3 aromatic rings. The standard InChI is InChI=1S/C32H37N5O7/c1-2-3-16-27(21-34(24-38)44-23-26-14-8-5-9-15-26)31(40)37-28(30(39)33-29-17-10-11-19-36(29)42)18-20-35(37)32(41)43-22-25-12-6-4-7-13-25/h4-15,17,19,24,27-28,42H,2-3,16,18,20-23H2,1H3/t27-,28+/m1/s1. The number of hydrazine groups is 1. The smallest absolute Gasteiger partial charge is 0.429 e. The molecule has 44 heavy (non-hydrogen) atoms. The molecular weight excluding hydrogens is 566 g/mol. The number of amides is 4. The third-order valence-electron chi connectivity index (χ3n) is 7.15. The highest BCUT2D eigenvalue weighted by atomic mass is 16.7. The molecule has 12 heteroatoms. The molecule has 1 N–H and O–H groups in total. The number of benzene rings is 2. The predicted molar refractivity (Wildman–Crippen MR) is 158 cm³/mol. The number of nitrogens with zero attached hydrogens (tertiary/aromatic N) is 5. The maximum atomic E-state index is 14.2. The highest BCUT2D eigenvalue weighted by Gasteiger charge is 2.45. The van der Waals surface area contributed by atoms with Crippen LogP contribution in [0.5, 0.6) is 0 Å². The molecule has 1 saturated heterocycles. The summed E-state index contributed by atoms with van der Waals surface area (Å²) in [5.41, 5.74) is 1.58. The van der Waals surface area contributed by atoms with E-state index in [0.29, 0.717) is 24.0 Å². The molecule has 0 radical (unpaired) electrons. The first-order valence-corrected chi connectivity index (χ1v) is 14.6. The molecule has 4 amide bonds. The highest BCUT2D eigenvalue weighted by Crippen LogP contribution is 2.26. The summed E-state index contributed by atoms with van der Waals surface area (Å²) < 4.78 is 6.22. The lowest BCUT2D eigenvalue weighted by atomic mass is 10.00. The summed E-state index contributed by atoms with van der Waals surface area (Å²) in [5, 5.41) is 13.4. The first-order valence-electron chi connectivity index (χ1n) is 14.6. The molecule has 0 unspecified atom stereocenters. The highest BCUT2D eigenvalue weighted by molar-refractivity contribution is 5.91.